The van der Waals surface area contributed by atoms with Crippen molar-refractivity contribution >= 4 is 22.7 Å². The molecular formula is C22H19N3O3. The number of anilines is 1. The number of nitrogens with one attached hydrogen (secondary N) is 1. The van der Waals surface area contributed by atoms with Crippen molar-refractivity contribution in [2.45, 2.75) is 19.8 Å². The Balaban J connectivity index is 1.31. The first kappa shape index (κ1) is 17.7. The van der Waals surface area contributed by atoms with E-state index in [9.17, 15) is 4.79 Å². The maximum absolute atomic E-state index is 12.2. The van der Waals surface area contributed by atoms with E-state index in [0.29, 0.717) is 35.9 Å². The van der Waals surface area contributed by atoms with Gasteiger partial charge in [0.15, 0.2) is 11.5 Å². The monoisotopic (exact) mass is 373 g/mol. The van der Waals surface area contributed by atoms with Crippen LogP contribution in [0.3, 0.4) is 0 Å². The minimum Gasteiger partial charge on any atom is -0.456 e. The SMILES string of the molecule is Cc1ccc2nc(CCC(=O)Nc3ccc(Oc4cccnc4)cc3)oc2c1. The maximum Gasteiger partial charge on any atom is 0.224 e. The number of fused-ring (bicyclic) bond motifs is 1. The van der Waals surface area contributed by atoms with Crippen LogP contribution in [0, 0.1) is 6.92 Å². The molecule has 0 saturated carbocycles. The van der Waals surface area contributed by atoms with Crippen LogP contribution < -0.4 is 10.1 Å². The summed E-state index contributed by atoms with van der Waals surface area (Å²) in [5.41, 5.74) is 3.38. The zero-order valence-corrected chi connectivity index (χ0v) is 15.4. The van der Waals surface area contributed by atoms with Gasteiger partial charge in [-0.1, -0.05) is 6.07 Å². The number of carbonyl (C=O) groups excluding carboxylic acids is 1. The second-order valence-corrected chi connectivity index (χ2v) is 6.44. The smallest absolute Gasteiger partial charge is 0.224 e. The minimum absolute atomic E-state index is 0.0978. The second-order valence-electron chi connectivity index (χ2n) is 6.44. The van der Waals surface area contributed by atoms with Gasteiger partial charge in [-0.15, -0.1) is 0 Å². The molecule has 0 atom stereocenters. The molecule has 2 heterocycles. The van der Waals surface area contributed by atoms with E-state index >= 15 is 0 Å². The number of ether oxygens (including phenoxy) is 1. The van der Waals surface area contributed by atoms with Crippen molar-refractivity contribution in [3.05, 3.63) is 78.4 Å². The van der Waals surface area contributed by atoms with Crippen molar-refractivity contribution in [2.24, 2.45) is 0 Å². The third-order valence-corrected chi connectivity index (χ3v) is 4.16. The highest BCUT2D eigenvalue weighted by Gasteiger charge is 2.09. The summed E-state index contributed by atoms with van der Waals surface area (Å²) in [6.45, 7) is 2.00. The highest BCUT2D eigenvalue weighted by Crippen LogP contribution is 2.22. The maximum atomic E-state index is 12.2. The van der Waals surface area contributed by atoms with Gasteiger partial charge in [0, 0.05) is 24.7 Å². The molecule has 28 heavy (non-hydrogen) atoms. The molecule has 0 unspecified atom stereocenters. The van der Waals surface area contributed by atoms with Gasteiger partial charge in [0.05, 0.1) is 6.20 Å². The molecule has 4 rings (SSSR count). The summed E-state index contributed by atoms with van der Waals surface area (Å²) in [6.07, 6.45) is 4.07. The lowest BCUT2D eigenvalue weighted by atomic mass is 10.2. The van der Waals surface area contributed by atoms with Crippen LogP contribution in [0.15, 0.2) is 71.4 Å². The highest BCUT2D eigenvalue weighted by atomic mass is 16.5. The van der Waals surface area contributed by atoms with Crippen molar-refractivity contribution in [1.29, 1.82) is 0 Å². The van der Waals surface area contributed by atoms with E-state index in [1.54, 1.807) is 36.7 Å². The van der Waals surface area contributed by atoms with E-state index in [2.05, 4.69) is 15.3 Å². The first-order valence-corrected chi connectivity index (χ1v) is 8.99. The number of benzene rings is 2. The number of nitrogens with zero attached hydrogens (tertiary/aromatic N) is 2. The Bertz CT molecular complexity index is 1090. The van der Waals surface area contributed by atoms with Gasteiger partial charge in [0.25, 0.3) is 0 Å². The normalized spacial score (nSPS) is 10.8. The summed E-state index contributed by atoms with van der Waals surface area (Å²) in [7, 11) is 0. The van der Waals surface area contributed by atoms with Crippen LogP contribution in [0.1, 0.15) is 17.9 Å². The number of hydrogen-bond donors (Lipinski definition) is 1. The van der Waals surface area contributed by atoms with E-state index in [0.717, 1.165) is 16.7 Å². The largest absolute Gasteiger partial charge is 0.456 e. The molecule has 0 aliphatic rings. The third-order valence-electron chi connectivity index (χ3n) is 4.16. The zero-order valence-electron chi connectivity index (χ0n) is 15.4. The summed E-state index contributed by atoms with van der Waals surface area (Å²) in [4.78, 5) is 20.6. The Morgan fingerprint density at radius 3 is 2.75 bits per heavy atom. The van der Waals surface area contributed by atoms with Crippen molar-refractivity contribution in [3.63, 3.8) is 0 Å². The highest BCUT2D eigenvalue weighted by molar-refractivity contribution is 5.90. The van der Waals surface area contributed by atoms with E-state index < -0.39 is 0 Å². The molecule has 0 radical (unpaired) electrons. The summed E-state index contributed by atoms with van der Waals surface area (Å²) in [5.74, 6) is 1.80. The molecule has 0 saturated heterocycles. The number of aromatic nitrogens is 2. The fourth-order valence-corrected chi connectivity index (χ4v) is 2.78. The lowest BCUT2D eigenvalue weighted by Crippen LogP contribution is -2.12. The number of rotatable bonds is 6. The van der Waals surface area contributed by atoms with Crippen molar-refractivity contribution in [2.75, 3.05) is 5.32 Å². The zero-order chi connectivity index (χ0) is 19.3. The summed E-state index contributed by atoms with van der Waals surface area (Å²) < 4.78 is 11.4. The molecule has 0 fully saturated rings. The quantitative estimate of drug-likeness (QED) is 0.520. The molecule has 0 bridgehead atoms. The number of amides is 1. The summed E-state index contributed by atoms with van der Waals surface area (Å²) >= 11 is 0. The van der Waals surface area contributed by atoms with Gasteiger partial charge in [-0.25, -0.2) is 4.98 Å². The Kier molecular flexibility index (Phi) is 5.01. The topological polar surface area (TPSA) is 77.2 Å². The third kappa shape index (κ3) is 4.35. The first-order chi connectivity index (χ1) is 13.7. The van der Waals surface area contributed by atoms with Crippen LogP contribution in [0.5, 0.6) is 11.5 Å². The molecule has 6 heteroatoms. The Labute approximate surface area is 162 Å². The molecule has 1 N–H and O–H groups in total. The van der Waals surface area contributed by atoms with E-state index in [4.69, 9.17) is 9.15 Å². The predicted octanol–water partition coefficient (Wildman–Crippen LogP) is 4.89. The lowest BCUT2D eigenvalue weighted by Gasteiger charge is -2.07. The number of pyridine rings is 1. The van der Waals surface area contributed by atoms with Crippen LogP contribution >= 0.6 is 0 Å². The van der Waals surface area contributed by atoms with Gasteiger partial charge < -0.3 is 14.5 Å². The summed E-state index contributed by atoms with van der Waals surface area (Å²) in [6, 6.07) is 16.7. The molecule has 0 spiro atoms. The van der Waals surface area contributed by atoms with E-state index in [-0.39, 0.29) is 5.91 Å². The van der Waals surface area contributed by atoms with Crippen LogP contribution in [0.4, 0.5) is 5.69 Å². The molecule has 2 aromatic heterocycles. The average Bonchev–Trinajstić information content (AvgIpc) is 3.11. The number of carbonyl (C=O) groups is 1. The Morgan fingerprint density at radius 2 is 1.96 bits per heavy atom. The van der Waals surface area contributed by atoms with Crippen molar-refractivity contribution in [3.8, 4) is 11.5 Å². The lowest BCUT2D eigenvalue weighted by molar-refractivity contribution is -0.116. The molecule has 4 aromatic rings. The first-order valence-electron chi connectivity index (χ1n) is 8.99. The fourth-order valence-electron chi connectivity index (χ4n) is 2.78. The molecular weight excluding hydrogens is 354 g/mol. The van der Waals surface area contributed by atoms with Crippen LogP contribution in [-0.4, -0.2) is 15.9 Å². The van der Waals surface area contributed by atoms with Crippen molar-refractivity contribution in [1.82, 2.24) is 9.97 Å². The van der Waals surface area contributed by atoms with E-state index in [1.807, 2.05) is 37.3 Å². The van der Waals surface area contributed by atoms with Gasteiger partial charge in [-0.3, -0.25) is 9.78 Å². The van der Waals surface area contributed by atoms with Crippen LogP contribution in [-0.2, 0) is 11.2 Å². The fraction of sp³-hybridized carbons (Fsp3) is 0.136. The van der Waals surface area contributed by atoms with Gasteiger partial charge in [-0.2, -0.15) is 0 Å². The number of aryl methyl sites for hydroxylation is 2. The molecule has 140 valence electrons. The van der Waals surface area contributed by atoms with Gasteiger partial charge >= 0.3 is 0 Å². The molecule has 0 aliphatic heterocycles. The predicted molar refractivity (Wildman–Crippen MR) is 106 cm³/mol. The van der Waals surface area contributed by atoms with Gasteiger partial charge in [0.1, 0.15) is 17.0 Å². The second kappa shape index (κ2) is 7.92. The standard InChI is InChI=1S/C22H19N3O3/c1-15-4-9-19-20(13-15)28-22(25-19)11-10-21(26)24-16-5-7-17(8-6-16)27-18-3-2-12-23-14-18/h2-9,12-14H,10-11H2,1H3,(H,24,26). The minimum atomic E-state index is -0.0978. The van der Waals surface area contributed by atoms with Crippen LogP contribution in [0.2, 0.25) is 0 Å². The number of hydrogen-bond acceptors (Lipinski definition) is 5. The van der Waals surface area contributed by atoms with Crippen molar-refractivity contribution < 1.29 is 13.9 Å². The van der Waals surface area contributed by atoms with E-state index in [1.165, 1.54) is 0 Å². The summed E-state index contributed by atoms with van der Waals surface area (Å²) in [5, 5.41) is 2.87. The average molecular weight is 373 g/mol. The Morgan fingerprint density at radius 1 is 1.11 bits per heavy atom. The van der Waals surface area contributed by atoms with Gasteiger partial charge in [0.2, 0.25) is 5.91 Å². The number of oxazole rings is 1. The van der Waals surface area contributed by atoms with Crippen LogP contribution in [0.25, 0.3) is 11.1 Å². The molecule has 2 aromatic carbocycles. The van der Waals surface area contributed by atoms with Gasteiger partial charge in [-0.05, 0) is 61.0 Å². The molecule has 1 amide bonds. The molecule has 0 aliphatic carbocycles. The molecule has 6 nitrogen and oxygen atoms in total. The Hall–Kier alpha value is -3.67.